The van der Waals surface area contributed by atoms with Crippen LogP contribution in [0, 0.1) is 23.6 Å². The van der Waals surface area contributed by atoms with Crippen molar-refractivity contribution in [2.75, 3.05) is 5.32 Å². The number of amides is 1. The zero-order valence-electron chi connectivity index (χ0n) is 22.1. The molecule has 39 heavy (non-hydrogen) atoms. The highest BCUT2D eigenvalue weighted by Crippen LogP contribution is 2.48. The molecule has 1 aliphatic heterocycles. The van der Waals surface area contributed by atoms with Crippen molar-refractivity contribution in [1.29, 1.82) is 0 Å². The SMILES string of the molecule is CC(C)C1CC(=O)C2=C(C1)Nc1c(cnn1C(C(N)=O)C1CC1)C2C=Cc1ccc(-c2cccc(F)c2)cn1. The molecule has 0 saturated heterocycles. The van der Waals surface area contributed by atoms with Crippen LogP contribution < -0.4 is 11.1 Å². The van der Waals surface area contributed by atoms with Gasteiger partial charge in [-0.2, -0.15) is 5.10 Å². The summed E-state index contributed by atoms with van der Waals surface area (Å²) in [5, 5.41) is 8.12. The van der Waals surface area contributed by atoms with E-state index in [2.05, 4.69) is 29.2 Å². The Balaban J connectivity index is 1.36. The normalized spacial score (nSPS) is 21.6. The lowest BCUT2D eigenvalue weighted by atomic mass is 9.73. The van der Waals surface area contributed by atoms with Crippen LogP contribution in [0.5, 0.6) is 0 Å². The molecule has 6 rings (SSSR count). The van der Waals surface area contributed by atoms with Crippen molar-refractivity contribution >= 4 is 23.6 Å². The highest BCUT2D eigenvalue weighted by molar-refractivity contribution is 6.01. The summed E-state index contributed by atoms with van der Waals surface area (Å²) in [6, 6.07) is 9.70. The van der Waals surface area contributed by atoms with E-state index in [1.165, 1.54) is 12.1 Å². The average Bonchev–Trinajstić information content (AvgIpc) is 3.66. The molecular formula is C31H32FN5O2. The number of carbonyl (C=O) groups is 2. The highest BCUT2D eigenvalue weighted by Gasteiger charge is 2.42. The van der Waals surface area contributed by atoms with Crippen LogP contribution in [0.15, 0.2) is 66.1 Å². The van der Waals surface area contributed by atoms with Gasteiger partial charge in [-0.25, -0.2) is 9.07 Å². The van der Waals surface area contributed by atoms with E-state index >= 15 is 0 Å². The van der Waals surface area contributed by atoms with Gasteiger partial charge in [0.05, 0.1) is 11.9 Å². The van der Waals surface area contributed by atoms with Crippen LogP contribution >= 0.6 is 0 Å². The Morgan fingerprint density at radius 1 is 1.13 bits per heavy atom. The third-order valence-corrected chi connectivity index (χ3v) is 8.25. The summed E-state index contributed by atoms with van der Waals surface area (Å²) in [4.78, 5) is 30.5. The lowest BCUT2D eigenvalue weighted by Crippen LogP contribution is -2.34. The molecule has 3 atom stereocenters. The minimum absolute atomic E-state index is 0.138. The Bertz CT molecular complexity index is 1500. The number of benzene rings is 1. The fourth-order valence-corrected chi connectivity index (χ4v) is 5.86. The van der Waals surface area contributed by atoms with Crippen LogP contribution in [-0.4, -0.2) is 26.5 Å². The second kappa shape index (κ2) is 9.91. The Hall–Kier alpha value is -4.07. The fourth-order valence-electron chi connectivity index (χ4n) is 5.86. The Labute approximate surface area is 227 Å². The zero-order valence-corrected chi connectivity index (χ0v) is 22.1. The van der Waals surface area contributed by atoms with Crippen molar-refractivity contribution in [2.24, 2.45) is 23.5 Å². The molecule has 0 bridgehead atoms. The van der Waals surface area contributed by atoms with Crippen molar-refractivity contribution in [3.8, 4) is 11.1 Å². The predicted molar refractivity (Wildman–Crippen MR) is 148 cm³/mol. The molecule has 200 valence electrons. The number of hydrogen-bond donors (Lipinski definition) is 2. The van der Waals surface area contributed by atoms with Gasteiger partial charge in [0, 0.05) is 40.9 Å². The van der Waals surface area contributed by atoms with E-state index in [-0.39, 0.29) is 35.3 Å². The third kappa shape index (κ3) is 4.80. The molecule has 7 nitrogen and oxygen atoms in total. The van der Waals surface area contributed by atoms with Gasteiger partial charge in [0.2, 0.25) is 5.91 Å². The second-order valence-corrected chi connectivity index (χ2v) is 11.2. The molecule has 1 amide bonds. The molecule has 2 aliphatic carbocycles. The molecule has 0 spiro atoms. The number of aromatic nitrogens is 3. The van der Waals surface area contributed by atoms with E-state index in [4.69, 9.17) is 5.73 Å². The average molecular weight is 526 g/mol. The van der Waals surface area contributed by atoms with Crippen LogP contribution in [0.1, 0.15) is 62.7 Å². The zero-order chi connectivity index (χ0) is 27.3. The number of ketones is 1. The van der Waals surface area contributed by atoms with Crippen LogP contribution in [0.3, 0.4) is 0 Å². The van der Waals surface area contributed by atoms with Crippen LogP contribution in [0.2, 0.25) is 0 Å². The maximum absolute atomic E-state index is 13.7. The summed E-state index contributed by atoms with van der Waals surface area (Å²) in [7, 11) is 0. The van der Waals surface area contributed by atoms with Gasteiger partial charge in [0.25, 0.3) is 0 Å². The van der Waals surface area contributed by atoms with Gasteiger partial charge in [0.15, 0.2) is 5.78 Å². The largest absolute Gasteiger partial charge is 0.368 e. The molecule has 3 heterocycles. The van der Waals surface area contributed by atoms with E-state index < -0.39 is 6.04 Å². The first-order valence-corrected chi connectivity index (χ1v) is 13.6. The van der Waals surface area contributed by atoms with Crippen molar-refractivity contribution < 1.29 is 14.0 Å². The third-order valence-electron chi connectivity index (χ3n) is 8.25. The maximum atomic E-state index is 13.7. The number of fused-ring (bicyclic) bond motifs is 1. The number of nitrogens with zero attached hydrogens (tertiary/aromatic N) is 3. The molecule has 2 aromatic heterocycles. The number of Topliss-reactive ketones (excluding diaryl/α,β-unsaturated/α-hetero) is 1. The number of nitrogens with one attached hydrogen (secondary N) is 1. The smallest absolute Gasteiger partial charge is 0.242 e. The molecule has 1 aromatic carbocycles. The highest BCUT2D eigenvalue weighted by atomic mass is 19.1. The summed E-state index contributed by atoms with van der Waals surface area (Å²) < 4.78 is 15.4. The van der Waals surface area contributed by atoms with E-state index in [0.29, 0.717) is 12.3 Å². The monoisotopic (exact) mass is 525 g/mol. The minimum Gasteiger partial charge on any atom is -0.368 e. The topological polar surface area (TPSA) is 103 Å². The number of allylic oxidation sites excluding steroid dienone is 3. The van der Waals surface area contributed by atoms with Gasteiger partial charge in [-0.1, -0.05) is 38.1 Å². The second-order valence-electron chi connectivity index (χ2n) is 11.2. The number of primary amides is 1. The van der Waals surface area contributed by atoms with E-state index in [0.717, 1.165) is 58.7 Å². The Morgan fingerprint density at radius 3 is 2.62 bits per heavy atom. The molecule has 0 radical (unpaired) electrons. The first-order chi connectivity index (χ1) is 18.8. The first-order valence-electron chi connectivity index (χ1n) is 13.6. The molecular weight excluding hydrogens is 493 g/mol. The quantitative estimate of drug-likeness (QED) is 0.416. The van der Waals surface area contributed by atoms with E-state index in [9.17, 15) is 14.0 Å². The molecule has 1 fully saturated rings. The van der Waals surface area contributed by atoms with Gasteiger partial charge in [-0.3, -0.25) is 14.6 Å². The van der Waals surface area contributed by atoms with Gasteiger partial charge in [-0.05, 0) is 66.9 Å². The van der Waals surface area contributed by atoms with Gasteiger partial charge in [-0.15, -0.1) is 0 Å². The van der Waals surface area contributed by atoms with Crippen molar-refractivity contribution in [1.82, 2.24) is 14.8 Å². The number of anilines is 1. The van der Waals surface area contributed by atoms with Crippen LogP contribution in [0.25, 0.3) is 17.2 Å². The molecule has 8 heteroatoms. The molecule has 3 aliphatic rings. The van der Waals surface area contributed by atoms with Crippen LogP contribution in [0.4, 0.5) is 10.2 Å². The molecule has 3 aromatic rings. The van der Waals surface area contributed by atoms with Gasteiger partial charge >= 0.3 is 0 Å². The van der Waals surface area contributed by atoms with Crippen molar-refractivity contribution in [3.63, 3.8) is 0 Å². The standard InChI is InChI=1S/C31H32FN5O2/c1-17(2)21-13-26-28(27(38)14-21)24(25-16-35-37(31(25)36-26)29(30(33)39)18-6-7-18)11-10-23-9-8-20(15-34-23)19-4-3-5-22(32)12-19/h3-5,8-12,15-18,21,24,29,36H,6-7,13-14H2,1-2H3,(H2,33,39). The molecule has 3 unspecified atom stereocenters. The van der Waals surface area contributed by atoms with E-state index in [1.807, 2.05) is 30.4 Å². The van der Waals surface area contributed by atoms with Crippen molar-refractivity contribution in [2.45, 2.75) is 51.5 Å². The predicted octanol–water partition coefficient (Wildman–Crippen LogP) is 5.63. The first kappa shape index (κ1) is 25.2. The molecule has 3 N–H and O–H groups in total. The summed E-state index contributed by atoms with van der Waals surface area (Å²) in [6.07, 6.45) is 10.5. The Morgan fingerprint density at radius 2 is 1.95 bits per heavy atom. The fraction of sp³-hybridized carbons (Fsp3) is 0.355. The number of pyridine rings is 1. The summed E-state index contributed by atoms with van der Waals surface area (Å²) in [6.45, 7) is 4.30. The number of carbonyl (C=O) groups excluding carboxylic acids is 2. The summed E-state index contributed by atoms with van der Waals surface area (Å²) in [5.41, 5.74) is 10.6. The molecule has 1 saturated carbocycles. The van der Waals surface area contributed by atoms with Crippen LogP contribution in [-0.2, 0) is 9.59 Å². The summed E-state index contributed by atoms with van der Waals surface area (Å²) >= 11 is 0. The van der Waals surface area contributed by atoms with Gasteiger partial charge < -0.3 is 11.1 Å². The van der Waals surface area contributed by atoms with E-state index in [1.54, 1.807) is 23.1 Å². The number of hydrogen-bond acceptors (Lipinski definition) is 5. The number of nitrogens with two attached hydrogens (primary N) is 1. The number of halogens is 1. The summed E-state index contributed by atoms with van der Waals surface area (Å²) in [5.74, 6) is 0.691. The maximum Gasteiger partial charge on any atom is 0.242 e. The Kier molecular flexibility index (Phi) is 6.41. The lowest BCUT2D eigenvalue weighted by molar-refractivity contribution is -0.122. The van der Waals surface area contributed by atoms with Crippen molar-refractivity contribution in [3.05, 3.63) is 83.2 Å². The van der Waals surface area contributed by atoms with Gasteiger partial charge in [0.1, 0.15) is 17.7 Å². The minimum atomic E-state index is -0.509. The number of rotatable bonds is 7. The lowest BCUT2D eigenvalue weighted by Gasteiger charge is -2.35.